The van der Waals surface area contributed by atoms with Crippen molar-refractivity contribution in [2.45, 2.75) is 25.8 Å². The first-order valence-corrected chi connectivity index (χ1v) is 9.32. The Morgan fingerprint density at radius 1 is 1.25 bits per heavy atom. The van der Waals surface area contributed by atoms with Gasteiger partial charge in [0.05, 0.1) is 6.04 Å². The van der Waals surface area contributed by atoms with Crippen molar-refractivity contribution in [2.75, 3.05) is 12.4 Å². The highest BCUT2D eigenvalue weighted by Crippen LogP contribution is 2.24. The maximum Gasteiger partial charge on any atom is 0.246 e. The molecule has 6 nitrogen and oxygen atoms in total. The van der Waals surface area contributed by atoms with Gasteiger partial charge < -0.3 is 15.2 Å². The van der Waals surface area contributed by atoms with Gasteiger partial charge >= 0.3 is 0 Å². The topological polar surface area (TPSA) is 78.1 Å². The van der Waals surface area contributed by atoms with E-state index >= 15 is 0 Å². The molecule has 142 valence electrons. The number of aromatic nitrogens is 2. The maximum absolute atomic E-state index is 12.6. The summed E-state index contributed by atoms with van der Waals surface area (Å²) in [5, 5.41) is 3.89. The third-order valence-electron chi connectivity index (χ3n) is 5.21. The number of fused-ring (bicyclic) bond motifs is 2. The average molecular weight is 374 g/mol. The summed E-state index contributed by atoms with van der Waals surface area (Å²) in [6.07, 6.45) is 6.12. The smallest absolute Gasteiger partial charge is 0.246 e. The third kappa shape index (κ3) is 3.53. The molecule has 1 aliphatic heterocycles. The van der Waals surface area contributed by atoms with Crippen LogP contribution in [-0.4, -0.2) is 33.7 Å². The van der Waals surface area contributed by atoms with Gasteiger partial charge in [0, 0.05) is 37.0 Å². The predicted molar refractivity (Wildman–Crippen MR) is 110 cm³/mol. The first-order valence-electron chi connectivity index (χ1n) is 9.32. The van der Waals surface area contributed by atoms with Gasteiger partial charge in [0.2, 0.25) is 11.8 Å². The van der Waals surface area contributed by atoms with E-state index in [1.54, 1.807) is 30.3 Å². The number of pyridine rings is 1. The zero-order valence-electron chi connectivity index (χ0n) is 15.9. The predicted octanol–water partition coefficient (Wildman–Crippen LogP) is 3.68. The van der Waals surface area contributed by atoms with Gasteiger partial charge in [-0.1, -0.05) is 18.2 Å². The van der Waals surface area contributed by atoms with E-state index in [0.29, 0.717) is 18.7 Å². The minimum absolute atomic E-state index is 0.00828. The molecule has 2 amide bonds. The standard InChI is InChI=1S/C22H22N4O2/c1-14(19-12-16-5-3-4-6-18(16)24-19)26(2)21(28)10-7-15-11-17-8-9-20(27)25-22(17)23-13-15/h3-7,10-14,24H,8-9H2,1-2H3,(H,23,25,27). The summed E-state index contributed by atoms with van der Waals surface area (Å²) in [6.45, 7) is 2.00. The van der Waals surface area contributed by atoms with Crippen molar-refractivity contribution < 1.29 is 9.59 Å². The number of aryl methyl sites for hydroxylation is 1. The van der Waals surface area contributed by atoms with Crippen LogP contribution in [0.4, 0.5) is 5.82 Å². The van der Waals surface area contributed by atoms with Crippen LogP contribution < -0.4 is 5.32 Å². The minimum Gasteiger partial charge on any atom is -0.357 e. The Labute approximate surface area is 163 Å². The van der Waals surface area contributed by atoms with Gasteiger partial charge in [0.25, 0.3) is 0 Å². The number of carbonyl (C=O) groups excluding carboxylic acids is 2. The van der Waals surface area contributed by atoms with Crippen LogP contribution in [-0.2, 0) is 16.0 Å². The van der Waals surface area contributed by atoms with E-state index in [9.17, 15) is 9.59 Å². The number of para-hydroxylation sites is 1. The van der Waals surface area contributed by atoms with Crippen molar-refractivity contribution in [3.8, 4) is 0 Å². The lowest BCUT2D eigenvalue weighted by Gasteiger charge is -2.22. The Morgan fingerprint density at radius 2 is 2.07 bits per heavy atom. The molecule has 3 aromatic rings. The van der Waals surface area contributed by atoms with E-state index in [1.807, 2.05) is 31.2 Å². The molecule has 0 spiro atoms. The van der Waals surface area contributed by atoms with E-state index in [-0.39, 0.29) is 17.9 Å². The molecule has 3 heterocycles. The fourth-order valence-corrected chi connectivity index (χ4v) is 3.37. The molecule has 1 aliphatic rings. The number of hydrogen-bond donors (Lipinski definition) is 2. The maximum atomic E-state index is 12.6. The van der Waals surface area contributed by atoms with Gasteiger partial charge in [-0.3, -0.25) is 9.59 Å². The van der Waals surface area contributed by atoms with Crippen molar-refractivity contribution in [3.63, 3.8) is 0 Å². The first kappa shape index (κ1) is 18.0. The SMILES string of the molecule is CC(c1cc2ccccc2[nH]1)N(C)C(=O)C=Cc1cnc2c(c1)CCC(=O)N2. The second kappa shape index (κ2) is 7.31. The Morgan fingerprint density at radius 3 is 2.89 bits per heavy atom. The highest BCUT2D eigenvalue weighted by Gasteiger charge is 2.18. The number of amides is 2. The quantitative estimate of drug-likeness (QED) is 0.684. The van der Waals surface area contributed by atoms with Crippen LogP contribution in [0.2, 0.25) is 0 Å². The molecule has 4 rings (SSSR count). The molecule has 1 unspecified atom stereocenters. The Hall–Kier alpha value is -3.41. The van der Waals surface area contributed by atoms with Crippen LogP contribution in [0.3, 0.4) is 0 Å². The van der Waals surface area contributed by atoms with Gasteiger partial charge in [-0.25, -0.2) is 4.98 Å². The molecule has 1 aromatic carbocycles. The van der Waals surface area contributed by atoms with Gasteiger partial charge in [-0.2, -0.15) is 0 Å². The van der Waals surface area contributed by atoms with Crippen molar-refractivity contribution >= 4 is 34.6 Å². The molecule has 0 radical (unpaired) electrons. The molecule has 0 bridgehead atoms. The van der Waals surface area contributed by atoms with Gasteiger partial charge in [0.1, 0.15) is 5.82 Å². The average Bonchev–Trinajstić information content (AvgIpc) is 3.15. The number of hydrogen-bond acceptors (Lipinski definition) is 3. The van der Waals surface area contributed by atoms with Crippen LogP contribution >= 0.6 is 0 Å². The van der Waals surface area contributed by atoms with Gasteiger partial charge in [-0.05, 0) is 54.1 Å². The summed E-state index contributed by atoms with van der Waals surface area (Å²) < 4.78 is 0. The van der Waals surface area contributed by atoms with Crippen molar-refractivity contribution in [3.05, 3.63) is 65.5 Å². The number of nitrogens with zero attached hydrogens (tertiary/aromatic N) is 2. The summed E-state index contributed by atoms with van der Waals surface area (Å²) in [7, 11) is 1.80. The van der Waals surface area contributed by atoms with Gasteiger partial charge in [0.15, 0.2) is 0 Å². The lowest BCUT2D eigenvalue weighted by atomic mass is 10.0. The van der Waals surface area contributed by atoms with Crippen LogP contribution in [0.15, 0.2) is 48.7 Å². The number of aromatic amines is 1. The van der Waals surface area contributed by atoms with Crippen LogP contribution in [0, 0.1) is 0 Å². The lowest BCUT2D eigenvalue weighted by Crippen LogP contribution is -2.28. The molecule has 0 fully saturated rings. The number of likely N-dealkylation sites (N-methyl/N-ethyl adjacent to an activating group) is 1. The number of anilines is 1. The summed E-state index contributed by atoms with van der Waals surface area (Å²) in [5.41, 5.74) is 3.90. The second-order valence-corrected chi connectivity index (χ2v) is 7.09. The normalized spacial score (nSPS) is 14.7. The van der Waals surface area contributed by atoms with Crippen molar-refractivity contribution in [2.24, 2.45) is 0 Å². The Balaban J connectivity index is 1.47. The summed E-state index contributed by atoms with van der Waals surface area (Å²) in [4.78, 5) is 33.4. The number of carbonyl (C=O) groups is 2. The lowest BCUT2D eigenvalue weighted by molar-refractivity contribution is -0.126. The molecule has 2 aromatic heterocycles. The van der Waals surface area contributed by atoms with Crippen molar-refractivity contribution in [1.82, 2.24) is 14.9 Å². The summed E-state index contributed by atoms with van der Waals surface area (Å²) in [6, 6.07) is 12.0. The summed E-state index contributed by atoms with van der Waals surface area (Å²) in [5.74, 6) is 0.521. The number of H-pyrrole nitrogens is 1. The zero-order valence-corrected chi connectivity index (χ0v) is 15.9. The highest BCUT2D eigenvalue weighted by molar-refractivity contribution is 5.94. The fraction of sp³-hybridized carbons (Fsp3) is 0.227. The number of benzene rings is 1. The minimum atomic E-state index is -0.0859. The molecule has 6 heteroatoms. The summed E-state index contributed by atoms with van der Waals surface area (Å²) >= 11 is 0. The molecule has 1 atom stereocenters. The van der Waals surface area contributed by atoms with E-state index in [2.05, 4.69) is 27.4 Å². The Kier molecular flexibility index (Phi) is 4.69. The highest BCUT2D eigenvalue weighted by atomic mass is 16.2. The zero-order chi connectivity index (χ0) is 19.7. The Bertz CT molecular complexity index is 1050. The van der Waals surface area contributed by atoms with E-state index in [1.165, 1.54) is 0 Å². The molecular formula is C22H22N4O2. The molecule has 2 N–H and O–H groups in total. The number of rotatable bonds is 4. The molecular weight excluding hydrogens is 352 g/mol. The van der Waals surface area contributed by atoms with E-state index in [4.69, 9.17) is 0 Å². The van der Waals surface area contributed by atoms with E-state index in [0.717, 1.165) is 27.7 Å². The molecule has 0 saturated heterocycles. The number of nitrogens with one attached hydrogen (secondary N) is 2. The molecule has 0 aliphatic carbocycles. The molecule has 28 heavy (non-hydrogen) atoms. The van der Waals surface area contributed by atoms with Crippen LogP contribution in [0.5, 0.6) is 0 Å². The monoisotopic (exact) mass is 374 g/mol. The largest absolute Gasteiger partial charge is 0.357 e. The van der Waals surface area contributed by atoms with Crippen LogP contribution in [0.1, 0.15) is 36.2 Å². The second-order valence-electron chi connectivity index (χ2n) is 7.09. The van der Waals surface area contributed by atoms with Crippen LogP contribution in [0.25, 0.3) is 17.0 Å². The van der Waals surface area contributed by atoms with E-state index < -0.39 is 0 Å². The van der Waals surface area contributed by atoms with Crippen molar-refractivity contribution in [1.29, 1.82) is 0 Å². The first-order chi connectivity index (χ1) is 13.5. The molecule has 0 saturated carbocycles. The fourth-order valence-electron chi connectivity index (χ4n) is 3.37. The van der Waals surface area contributed by atoms with Gasteiger partial charge in [-0.15, -0.1) is 0 Å². The third-order valence-corrected chi connectivity index (χ3v) is 5.21.